The quantitative estimate of drug-likeness (QED) is 0.323. The molecule has 1 aromatic heterocycles. The Hall–Kier alpha value is -3.22. The third kappa shape index (κ3) is 5.62. The lowest BCUT2D eigenvalue weighted by Crippen LogP contribution is -2.37. The van der Waals surface area contributed by atoms with Crippen LogP contribution < -0.4 is 5.32 Å². The summed E-state index contributed by atoms with van der Waals surface area (Å²) in [4.78, 5) is 30.0. The van der Waals surface area contributed by atoms with Crippen molar-refractivity contribution < 1.29 is 22.8 Å². The Morgan fingerprint density at radius 3 is 2.29 bits per heavy atom. The lowest BCUT2D eigenvalue weighted by atomic mass is 9.87. The SMILES string of the molecule is CCc1c(C(=O)CC2CC2)cnc2cc(C(F)(F)F)c(-c3ccc(C(=O)NC4CCC(C)CC4)cc3)cc12. The number of rotatable bonds is 7. The third-order valence-corrected chi connectivity index (χ3v) is 8.06. The number of ketones is 1. The number of nitrogens with zero attached hydrogens (tertiary/aromatic N) is 1. The van der Waals surface area contributed by atoms with E-state index >= 15 is 0 Å². The van der Waals surface area contributed by atoms with Crippen LogP contribution >= 0.6 is 0 Å². The maximum Gasteiger partial charge on any atom is 0.417 e. The molecule has 0 unspecified atom stereocenters. The maximum atomic E-state index is 14.2. The van der Waals surface area contributed by atoms with Gasteiger partial charge in [-0.25, -0.2) is 0 Å². The highest BCUT2D eigenvalue weighted by Crippen LogP contribution is 2.41. The molecule has 0 saturated heterocycles. The van der Waals surface area contributed by atoms with E-state index in [-0.39, 0.29) is 28.8 Å². The molecule has 1 amide bonds. The Labute approximate surface area is 221 Å². The van der Waals surface area contributed by atoms with Gasteiger partial charge in [-0.15, -0.1) is 0 Å². The monoisotopic (exact) mass is 522 g/mol. The summed E-state index contributed by atoms with van der Waals surface area (Å²) < 4.78 is 42.5. The molecule has 1 heterocycles. The lowest BCUT2D eigenvalue weighted by Gasteiger charge is -2.26. The number of Topliss-reactive ketones (excluding diaryl/α,β-unsaturated/α-hetero) is 1. The second-order valence-electron chi connectivity index (χ2n) is 11.0. The lowest BCUT2D eigenvalue weighted by molar-refractivity contribution is -0.137. The molecule has 4 nitrogen and oxygen atoms in total. The van der Waals surface area contributed by atoms with Crippen molar-refractivity contribution in [2.24, 2.45) is 11.8 Å². The topological polar surface area (TPSA) is 59.1 Å². The van der Waals surface area contributed by atoms with Crippen LogP contribution in [0, 0.1) is 11.8 Å². The molecule has 2 fully saturated rings. The van der Waals surface area contributed by atoms with E-state index in [1.54, 1.807) is 24.3 Å². The summed E-state index contributed by atoms with van der Waals surface area (Å²) in [7, 11) is 0. The number of benzene rings is 2. The molecular formula is C31H33F3N2O2. The van der Waals surface area contributed by atoms with Crippen LogP contribution in [0.25, 0.3) is 22.0 Å². The molecule has 0 aliphatic heterocycles. The molecule has 200 valence electrons. The maximum absolute atomic E-state index is 14.2. The molecule has 2 aliphatic carbocycles. The van der Waals surface area contributed by atoms with E-state index in [1.807, 2.05) is 6.92 Å². The summed E-state index contributed by atoms with van der Waals surface area (Å²) in [5.74, 6) is 0.872. The zero-order valence-corrected chi connectivity index (χ0v) is 21.8. The summed E-state index contributed by atoms with van der Waals surface area (Å²) in [6, 6.07) is 9.00. The first-order valence-electron chi connectivity index (χ1n) is 13.6. The first kappa shape index (κ1) is 26.4. The predicted molar refractivity (Wildman–Crippen MR) is 142 cm³/mol. The van der Waals surface area contributed by atoms with E-state index in [0.29, 0.717) is 46.8 Å². The Kier molecular flexibility index (Phi) is 7.30. The number of fused-ring (bicyclic) bond motifs is 1. The first-order chi connectivity index (χ1) is 18.1. The highest BCUT2D eigenvalue weighted by atomic mass is 19.4. The van der Waals surface area contributed by atoms with Gasteiger partial charge in [-0.3, -0.25) is 14.6 Å². The predicted octanol–water partition coefficient (Wildman–Crippen LogP) is 7.77. The number of hydrogen-bond acceptors (Lipinski definition) is 3. The van der Waals surface area contributed by atoms with Gasteiger partial charge in [-0.1, -0.05) is 26.0 Å². The smallest absolute Gasteiger partial charge is 0.349 e. The zero-order chi connectivity index (χ0) is 27.0. The fourth-order valence-corrected chi connectivity index (χ4v) is 5.56. The fraction of sp³-hybridized carbons (Fsp3) is 0.452. The van der Waals surface area contributed by atoms with Crippen molar-refractivity contribution in [3.8, 4) is 11.1 Å². The van der Waals surface area contributed by atoms with E-state index in [2.05, 4.69) is 17.2 Å². The normalized spacial score (nSPS) is 19.9. The molecule has 2 saturated carbocycles. The second kappa shape index (κ2) is 10.5. The number of aromatic nitrogens is 1. The molecule has 2 aliphatic rings. The highest BCUT2D eigenvalue weighted by molar-refractivity contribution is 6.02. The Balaban J connectivity index is 1.49. The largest absolute Gasteiger partial charge is 0.417 e. The standard InChI is InChI=1S/C31H33F3N2O2/c1-3-23-25-15-24(20-8-10-21(11-9-20)30(38)36-22-12-4-18(2)5-13-22)27(31(32,33)34)16-28(25)35-17-26(23)29(37)14-19-6-7-19/h8-11,15-19,22H,3-7,12-14H2,1-2H3,(H,36,38). The summed E-state index contributed by atoms with van der Waals surface area (Å²) in [5, 5.41) is 3.63. The summed E-state index contributed by atoms with van der Waals surface area (Å²) >= 11 is 0. The van der Waals surface area contributed by atoms with Gasteiger partial charge in [0, 0.05) is 35.2 Å². The van der Waals surface area contributed by atoms with E-state index in [9.17, 15) is 22.8 Å². The van der Waals surface area contributed by atoms with Gasteiger partial charge in [0.25, 0.3) is 5.91 Å². The zero-order valence-electron chi connectivity index (χ0n) is 21.8. The van der Waals surface area contributed by atoms with Gasteiger partial charge < -0.3 is 5.32 Å². The van der Waals surface area contributed by atoms with Gasteiger partial charge in [-0.05, 0) is 97.7 Å². The van der Waals surface area contributed by atoms with Crippen LogP contribution in [0.15, 0.2) is 42.6 Å². The number of amides is 1. The van der Waals surface area contributed by atoms with Crippen molar-refractivity contribution in [1.29, 1.82) is 0 Å². The van der Waals surface area contributed by atoms with Gasteiger partial charge in [0.05, 0.1) is 11.1 Å². The van der Waals surface area contributed by atoms with E-state index < -0.39 is 11.7 Å². The van der Waals surface area contributed by atoms with Crippen LogP contribution in [0.5, 0.6) is 0 Å². The average Bonchev–Trinajstić information content (AvgIpc) is 3.72. The molecule has 3 aromatic rings. The Morgan fingerprint density at radius 1 is 1.00 bits per heavy atom. The van der Waals surface area contributed by atoms with Crippen LogP contribution in [0.1, 0.15) is 90.6 Å². The molecule has 1 N–H and O–H groups in total. The van der Waals surface area contributed by atoms with Crippen molar-refractivity contribution >= 4 is 22.6 Å². The number of aryl methyl sites for hydroxylation is 1. The molecule has 2 aromatic carbocycles. The highest BCUT2D eigenvalue weighted by Gasteiger charge is 2.35. The molecule has 38 heavy (non-hydrogen) atoms. The van der Waals surface area contributed by atoms with Gasteiger partial charge in [0.15, 0.2) is 5.78 Å². The number of alkyl halides is 3. The number of nitrogens with one attached hydrogen (secondary N) is 1. The van der Waals surface area contributed by atoms with Crippen molar-refractivity contribution in [3.63, 3.8) is 0 Å². The fourth-order valence-electron chi connectivity index (χ4n) is 5.56. The van der Waals surface area contributed by atoms with E-state index in [0.717, 1.165) is 50.2 Å². The number of carbonyl (C=O) groups is 2. The van der Waals surface area contributed by atoms with Gasteiger partial charge in [0.2, 0.25) is 0 Å². The van der Waals surface area contributed by atoms with Crippen LogP contribution in [0.3, 0.4) is 0 Å². The number of carbonyl (C=O) groups excluding carboxylic acids is 2. The van der Waals surface area contributed by atoms with Crippen molar-refractivity contribution in [2.45, 2.75) is 77.4 Å². The van der Waals surface area contributed by atoms with Gasteiger partial charge in [-0.2, -0.15) is 13.2 Å². The number of pyridine rings is 1. The summed E-state index contributed by atoms with van der Waals surface area (Å²) in [5.41, 5.74) is 1.46. The molecular weight excluding hydrogens is 489 g/mol. The molecule has 5 rings (SSSR count). The third-order valence-electron chi connectivity index (χ3n) is 8.06. The van der Waals surface area contributed by atoms with Crippen LogP contribution in [0.4, 0.5) is 13.2 Å². The van der Waals surface area contributed by atoms with E-state index in [1.165, 1.54) is 12.3 Å². The van der Waals surface area contributed by atoms with Gasteiger partial charge in [0.1, 0.15) is 0 Å². The molecule has 0 bridgehead atoms. The molecule has 7 heteroatoms. The number of hydrogen-bond donors (Lipinski definition) is 1. The summed E-state index contributed by atoms with van der Waals surface area (Å²) in [6.07, 6.45) is 3.93. The van der Waals surface area contributed by atoms with Crippen LogP contribution in [-0.4, -0.2) is 22.7 Å². The first-order valence-corrected chi connectivity index (χ1v) is 13.6. The van der Waals surface area contributed by atoms with Crippen molar-refractivity contribution in [2.75, 3.05) is 0 Å². The molecule has 0 radical (unpaired) electrons. The van der Waals surface area contributed by atoms with Crippen LogP contribution in [0.2, 0.25) is 0 Å². The minimum absolute atomic E-state index is 0.00277. The Bertz CT molecular complexity index is 1350. The van der Waals surface area contributed by atoms with Crippen molar-refractivity contribution in [3.05, 3.63) is 64.8 Å². The summed E-state index contributed by atoms with van der Waals surface area (Å²) in [6.45, 7) is 4.12. The number of halogens is 3. The molecule has 0 spiro atoms. The van der Waals surface area contributed by atoms with Crippen LogP contribution in [-0.2, 0) is 12.6 Å². The average molecular weight is 523 g/mol. The van der Waals surface area contributed by atoms with E-state index in [4.69, 9.17) is 0 Å². The minimum Gasteiger partial charge on any atom is -0.349 e. The second-order valence-corrected chi connectivity index (χ2v) is 11.0. The molecule has 0 atom stereocenters. The minimum atomic E-state index is -4.59. The van der Waals surface area contributed by atoms with Crippen molar-refractivity contribution in [1.82, 2.24) is 10.3 Å². The van der Waals surface area contributed by atoms with Gasteiger partial charge >= 0.3 is 6.18 Å². The Morgan fingerprint density at radius 2 is 1.68 bits per heavy atom.